The number of hydrogen-bond donors (Lipinski definition) is 0. The Morgan fingerprint density at radius 3 is 1.03 bits per heavy atom. The molecule has 2 aromatic carbocycles. The molecule has 0 heteroatoms. The standard InChI is InChI=1S/C15H20.C12H18.C5H12.2C2H6.C2H4/c1-11-8-12(14(2)4-5-14)10-13(9-11)15(3)6-7-15;1-9-6-10(2)8-11(7-9)12(3,4)5;1-5(2,3)4;3*1-2/h8-10H,4-7H2,1-3H3;6-8H,1-5H3;1-4H3;2*1-2H3;1-2H2. The SMILES string of the molecule is C=C.CC.CC.CC(C)(C)C.Cc1cc(C)cc(C(C)(C)C)c1.Cc1cc(C2(C)CC2)cc(C2(C)CC2)c1. The summed E-state index contributed by atoms with van der Waals surface area (Å²) in [5.41, 5.74) is 10.6. The summed E-state index contributed by atoms with van der Waals surface area (Å²) < 4.78 is 0. The third-order valence-corrected chi connectivity index (χ3v) is 6.56. The zero-order valence-electron chi connectivity index (χ0n) is 28.7. The van der Waals surface area contributed by atoms with E-state index in [2.05, 4.69) is 133 Å². The minimum atomic E-state index is 0.275. The summed E-state index contributed by atoms with van der Waals surface area (Å²) in [6, 6.07) is 14.0. The van der Waals surface area contributed by atoms with E-state index in [4.69, 9.17) is 0 Å². The molecule has 0 radical (unpaired) electrons. The molecule has 2 aliphatic rings. The van der Waals surface area contributed by atoms with Crippen molar-refractivity contribution in [2.24, 2.45) is 5.41 Å². The molecule has 0 N–H and O–H groups in total. The Morgan fingerprint density at radius 1 is 0.526 bits per heavy atom. The molecule has 0 unspecified atom stereocenters. The molecule has 2 aliphatic carbocycles. The van der Waals surface area contributed by atoms with E-state index in [1.165, 1.54) is 47.9 Å². The molecule has 2 saturated carbocycles. The van der Waals surface area contributed by atoms with E-state index < -0.39 is 0 Å². The highest BCUT2D eigenvalue weighted by Crippen LogP contribution is 2.52. The molecule has 0 aliphatic heterocycles. The average Bonchev–Trinajstić information content (AvgIpc) is 3.75. The third kappa shape index (κ3) is 14.9. The molecule has 0 nitrogen and oxygen atoms in total. The molecule has 38 heavy (non-hydrogen) atoms. The van der Waals surface area contributed by atoms with Gasteiger partial charge in [-0.1, -0.05) is 143 Å². The van der Waals surface area contributed by atoms with Gasteiger partial charge in [0.25, 0.3) is 0 Å². The lowest BCUT2D eigenvalue weighted by molar-refractivity contribution is 0.469. The Kier molecular flexibility index (Phi) is 16.5. The molecule has 0 amide bonds. The molecule has 0 saturated heterocycles. The highest BCUT2D eigenvalue weighted by molar-refractivity contribution is 5.42. The highest BCUT2D eigenvalue weighted by Gasteiger charge is 2.42. The minimum Gasteiger partial charge on any atom is -0.106 e. The van der Waals surface area contributed by atoms with E-state index in [9.17, 15) is 0 Å². The summed E-state index contributed by atoms with van der Waals surface area (Å²) in [7, 11) is 0. The van der Waals surface area contributed by atoms with Crippen LogP contribution in [-0.4, -0.2) is 0 Å². The maximum atomic E-state index is 3.00. The van der Waals surface area contributed by atoms with Crippen molar-refractivity contribution < 1.29 is 0 Å². The zero-order valence-corrected chi connectivity index (χ0v) is 28.7. The van der Waals surface area contributed by atoms with Crippen LogP contribution in [0.1, 0.15) is 149 Å². The number of benzene rings is 2. The van der Waals surface area contributed by atoms with Crippen molar-refractivity contribution in [2.75, 3.05) is 0 Å². The van der Waals surface area contributed by atoms with Crippen molar-refractivity contribution >= 4 is 0 Å². The summed E-state index contributed by atoms with van der Waals surface area (Å²) in [5.74, 6) is 0. The van der Waals surface area contributed by atoms with Crippen molar-refractivity contribution in [3.8, 4) is 0 Å². The topological polar surface area (TPSA) is 0 Å². The molecule has 4 rings (SSSR count). The van der Waals surface area contributed by atoms with Gasteiger partial charge in [-0.05, 0) is 84.8 Å². The van der Waals surface area contributed by atoms with Crippen LogP contribution in [0.2, 0.25) is 0 Å². The van der Waals surface area contributed by atoms with Crippen LogP contribution < -0.4 is 0 Å². The summed E-state index contributed by atoms with van der Waals surface area (Å²) >= 11 is 0. The molecule has 218 valence electrons. The van der Waals surface area contributed by atoms with Crippen molar-refractivity contribution in [1.29, 1.82) is 0 Å². The van der Waals surface area contributed by atoms with Gasteiger partial charge in [-0.2, -0.15) is 0 Å². The van der Waals surface area contributed by atoms with Crippen LogP contribution in [0.4, 0.5) is 0 Å². The summed E-state index contributed by atoms with van der Waals surface area (Å²) in [6.45, 7) is 40.9. The maximum absolute atomic E-state index is 3.00. The monoisotopic (exact) mass is 523 g/mol. The Bertz CT molecular complexity index is 859. The van der Waals surface area contributed by atoms with E-state index in [1.807, 2.05) is 27.7 Å². The van der Waals surface area contributed by atoms with Crippen LogP contribution in [0.5, 0.6) is 0 Å². The lowest BCUT2D eigenvalue weighted by Crippen LogP contribution is -2.11. The van der Waals surface area contributed by atoms with E-state index in [0.29, 0.717) is 16.2 Å². The first-order valence-corrected chi connectivity index (χ1v) is 15.1. The van der Waals surface area contributed by atoms with Crippen molar-refractivity contribution in [3.63, 3.8) is 0 Å². The van der Waals surface area contributed by atoms with E-state index in [1.54, 1.807) is 11.1 Å². The van der Waals surface area contributed by atoms with Gasteiger partial charge in [0.1, 0.15) is 0 Å². The lowest BCUT2D eigenvalue weighted by atomic mass is 9.85. The van der Waals surface area contributed by atoms with Gasteiger partial charge in [0, 0.05) is 0 Å². The van der Waals surface area contributed by atoms with E-state index in [-0.39, 0.29) is 5.41 Å². The van der Waals surface area contributed by atoms with Gasteiger partial charge in [-0.25, -0.2) is 0 Å². The predicted octanol–water partition coefficient (Wildman–Crippen LogP) is 12.6. The fourth-order valence-corrected chi connectivity index (χ4v) is 3.84. The van der Waals surface area contributed by atoms with Gasteiger partial charge in [-0.15, -0.1) is 13.2 Å². The molecular weight excluding hydrogens is 456 g/mol. The molecule has 0 aromatic heterocycles. The predicted molar refractivity (Wildman–Crippen MR) is 178 cm³/mol. The summed E-state index contributed by atoms with van der Waals surface area (Å²) in [4.78, 5) is 0. The van der Waals surface area contributed by atoms with Gasteiger partial charge in [-0.3, -0.25) is 0 Å². The van der Waals surface area contributed by atoms with Crippen LogP contribution in [0, 0.1) is 26.2 Å². The number of hydrogen-bond acceptors (Lipinski definition) is 0. The Labute approximate surface area is 240 Å². The first-order valence-electron chi connectivity index (χ1n) is 15.1. The second kappa shape index (κ2) is 16.3. The normalized spacial score (nSPS) is 15.6. The van der Waals surface area contributed by atoms with Crippen molar-refractivity contribution in [2.45, 2.75) is 153 Å². The smallest absolute Gasteiger partial charge is 0.00744 e. The van der Waals surface area contributed by atoms with E-state index in [0.717, 1.165) is 0 Å². The van der Waals surface area contributed by atoms with Gasteiger partial charge < -0.3 is 0 Å². The van der Waals surface area contributed by atoms with Gasteiger partial charge in [0.15, 0.2) is 0 Å². The minimum absolute atomic E-state index is 0.275. The largest absolute Gasteiger partial charge is 0.106 e. The average molecular weight is 523 g/mol. The number of aryl methyl sites for hydroxylation is 3. The summed E-state index contributed by atoms with van der Waals surface area (Å²) in [6.07, 6.45) is 5.53. The van der Waals surface area contributed by atoms with Crippen LogP contribution in [-0.2, 0) is 16.2 Å². The van der Waals surface area contributed by atoms with Gasteiger partial charge in [0.05, 0.1) is 0 Å². The van der Waals surface area contributed by atoms with Gasteiger partial charge in [0.2, 0.25) is 0 Å². The molecule has 0 heterocycles. The molecule has 2 aromatic rings. The van der Waals surface area contributed by atoms with Crippen LogP contribution in [0.3, 0.4) is 0 Å². The Balaban J connectivity index is 0. The summed E-state index contributed by atoms with van der Waals surface area (Å²) in [5, 5.41) is 0. The number of rotatable bonds is 2. The molecule has 0 atom stereocenters. The van der Waals surface area contributed by atoms with Crippen LogP contribution in [0.15, 0.2) is 49.6 Å². The van der Waals surface area contributed by atoms with E-state index >= 15 is 0 Å². The van der Waals surface area contributed by atoms with Crippen LogP contribution >= 0.6 is 0 Å². The first-order chi connectivity index (χ1) is 17.4. The molecule has 2 fully saturated rings. The first kappa shape index (κ1) is 38.3. The van der Waals surface area contributed by atoms with Crippen molar-refractivity contribution in [1.82, 2.24) is 0 Å². The zero-order chi connectivity index (χ0) is 30.5. The van der Waals surface area contributed by atoms with Crippen LogP contribution in [0.25, 0.3) is 0 Å². The second-order valence-corrected chi connectivity index (χ2v) is 13.8. The second-order valence-electron chi connectivity index (χ2n) is 13.8. The van der Waals surface area contributed by atoms with Gasteiger partial charge >= 0.3 is 0 Å². The molecule has 0 spiro atoms. The lowest BCUT2D eigenvalue weighted by Gasteiger charge is -2.20. The third-order valence-electron chi connectivity index (χ3n) is 6.56. The highest BCUT2D eigenvalue weighted by atomic mass is 14.5. The van der Waals surface area contributed by atoms with Crippen molar-refractivity contribution in [3.05, 3.63) is 82.9 Å². The Hall–Kier alpha value is -1.82. The fraction of sp³-hybridized carbons (Fsp3) is 0.632. The molecule has 0 bridgehead atoms. The molecular formula is C38H66. The fourth-order valence-electron chi connectivity index (χ4n) is 3.84. The maximum Gasteiger partial charge on any atom is -0.00744 e. The quantitative estimate of drug-likeness (QED) is 0.344. The Morgan fingerprint density at radius 2 is 0.789 bits per heavy atom.